The average molecular weight is 169 g/mol. The Morgan fingerprint density at radius 2 is 2.33 bits per heavy atom. The van der Waals surface area contributed by atoms with Crippen LogP contribution in [0, 0.1) is 0 Å². The topological polar surface area (TPSA) is 84.6 Å². The summed E-state index contributed by atoms with van der Waals surface area (Å²) in [6.07, 6.45) is 1.99. The first kappa shape index (κ1) is 10.3. The summed E-state index contributed by atoms with van der Waals surface area (Å²) in [6.45, 7) is 4.85. The molecule has 0 aromatic carbocycles. The van der Waals surface area contributed by atoms with E-state index in [-0.39, 0.29) is 5.91 Å². The van der Waals surface area contributed by atoms with E-state index < -0.39 is 5.91 Å². The predicted octanol–water partition coefficient (Wildman–Crippen LogP) is -0.460. The second-order valence-corrected chi connectivity index (χ2v) is 2.20. The minimum Gasteiger partial charge on any atom is -0.366 e. The van der Waals surface area contributed by atoms with Crippen LogP contribution < -0.4 is 11.2 Å². The minimum atomic E-state index is -0.435. The van der Waals surface area contributed by atoms with Gasteiger partial charge in [0.2, 0.25) is 11.8 Å². The molecule has 12 heavy (non-hydrogen) atoms. The number of nitrogens with two attached hydrogens (primary N) is 1. The molecule has 0 bridgehead atoms. The SMILES string of the molecule is C=C(C)C(N)=O.O=C1CC=NN1. The van der Waals surface area contributed by atoms with Crippen LogP contribution in [0.3, 0.4) is 0 Å². The van der Waals surface area contributed by atoms with Crippen LogP contribution in [0.2, 0.25) is 0 Å². The lowest BCUT2D eigenvalue weighted by molar-refractivity contribution is -0.119. The second-order valence-electron chi connectivity index (χ2n) is 2.20. The van der Waals surface area contributed by atoms with E-state index in [1.807, 2.05) is 0 Å². The molecular weight excluding hydrogens is 158 g/mol. The Balaban J connectivity index is 0.000000202. The smallest absolute Gasteiger partial charge is 0.245 e. The number of carbonyl (C=O) groups is 2. The van der Waals surface area contributed by atoms with Crippen molar-refractivity contribution < 1.29 is 9.59 Å². The van der Waals surface area contributed by atoms with Crippen LogP contribution in [-0.2, 0) is 9.59 Å². The summed E-state index contributed by atoms with van der Waals surface area (Å²) in [5, 5.41) is 3.44. The van der Waals surface area contributed by atoms with Gasteiger partial charge in [0.1, 0.15) is 0 Å². The normalized spacial score (nSPS) is 12.9. The molecule has 0 atom stereocenters. The Hall–Kier alpha value is -1.65. The number of hydrogen-bond donors (Lipinski definition) is 2. The summed E-state index contributed by atoms with van der Waals surface area (Å²) in [4.78, 5) is 19.8. The van der Waals surface area contributed by atoms with Gasteiger partial charge in [-0.1, -0.05) is 6.58 Å². The van der Waals surface area contributed by atoms with E-state index in [9.17, 15) is 9.59 Å². The van der Waals surface area contributed by atoms with Crippen LogP contribution in [0.25, 0.3) is 0 Å². The highest BCUT2D eigenvalue weighted by Gasteiger charge is 1.99. The van der Waals surface area contributed by atoms with Crippen molar-refractivity contribution in [3.8, 4) is 0 Å². The van der Waals surface area contributed by atoms with E-state index in [4.69, 9.17) is 5.73 Å². The fourth-order valence-electron chi connectivity index (χ4n) is 0.292. The van der Waals surface area contributed by atoms with E-state index in [1.165, 1.54) is 0 Å². The van der Waals surface area contributed by atoms with Gasteiger partial charge in [0.25, 0.3) is 0 Å². The number of hydrogen-bond acceptors (Lipinski definition) is 3. The third kappa shape index (κ3) is 5.16. The highest BCUT2D eigenvalue weighted by atomic mass is 16.2. The van der Waals surface area contributed by atoms with Crippen molar-refractivity contribution in [2.75, 3.05) is 0 Å². The molecule has 1 aliphatic heterocycles. The molecular formula is C7H11N3O2. The lowest BCUT2D eigenvalue weighted by Crippen LogP contribution is -2.10. The maximum atomic E-state index is 10.0. The quantitative estimate of drug-likeness (QED) is 0.520. The van der Waals surface area contributed by atoms with Gasteiger partial charge in [0.15, 0.2) is 0 Å². The Bertz CT molecular complexity index is 211. The number of carbonyl (C=O) groups excluding carboxylic acids is 2. The lowest BCUT2D eigenvalue weighted by Gasteiger charge is -1.81. The van der Waals surface area contributed by atoms with Crippen LogP contribution in [0.5, 0.6) is 0 Å². The van der Waals surface area contributed by atoms with E-state index in [0.29, 0.717) is 12.0 Å². The summed E-state index contributed by atoms with van der Waals surface area (Å²) in [7, 11) is 0. The molecule has 3 N–H and O–H groups in total. The summed E-state index contributed by atoms with van der Waals surface area (Å²) < 4.78 is 0. The van der Waals surface area contributed by atoms with Gasteiger partial charge in [-0.15, -0.1) is 0 Å². The predicted molar refractivity (Wildman–Crippen MR) is 45.3 cm³/mol. The third-order valence-electron chi connectivity index (χ3n) is 0.978. The molecule has 0 aliphatic carbocycles. The highest BCUT2D eigenvalue weighted by molar-refractivity contribution is 5.93. The average Bonchev–Trinajstić information content (AvgIpc) is 2.40. The second kappa shape index (κ2) is 5.06. The van der Waals surface area contributed by atoms with Gasteiger partial charge in [-0.05, 0) is 6.92 Å². The zero-order valence-electron chi connectivity index (χ0n) is 6.83. The fourth-order valence-corrected chi connectivity index (χ4v) is 0.292. The number of primary amides is 1. The van der Waals surface area contributed by atoms with Gasteiger partial charge < -0.3 is 5.73 Å². The van der Waals surface area contributed by atoms with Crippen LogP contribution in [-0.4, -0.2) is 18.0 Å². The van der Waals surface area contributed by atoms with Crippen molar-refractivity contribution in [3.63, 3.8) is 0 Å². The Kier molecular flexibility index (Phi) is 4.36. The molecule has 0 unspecified atom stereocenters. The number of nitrogens with zero attached hydrogens (tertiary/aromatic N) is 1. The van der Waals surface area contributed by atoms with Gasteiger partial charge in [-0.25, -0.2) is 5.43 Å². The van der Waals surface area contributed by atoms with Gasteiger partial charge in [0, 0.05) is 11.8 Å². The molecule has 0 spiro atoms. The summed E-state index contributed by atoms with van der Waals surface area (Å²) in [5.74, 6) is -0.454. The van der Waals surface area contributed by atoms with Crippen molar-refractivity contribution in [3.05, 3.63) is 12.2 Å². The molecule has 5 heteroatoms. The molecule has 1 rings (SSSR count). The third-order valence-corrected chi connectivity index (χ3v) is 0.978. The summed E-state index contributed by atoms with van der Waals surface area (Å²) >= 11 is 0. The Morgan fingerprint density at radius 1 is 1.83 bits per heavy atom. The Labute approximate surface area is 70.3 Å². The van der Waals surface area contributed by atoms with Crippen molar-refractivity contribution in [1.82, 2.24) is 5.43 Å². The van der Waals surface area contributed by atoms with Crippen LogP contribution in [0.4, 0.5) is 0 Å². The van der Waals surface area contributed by atoms with Gasteiger partial charge in [-0.2, -0.15) is 5.10 Å². The maximum absolute atomic E-state index is 10.0. The minimum absolute atomic E-state index is 0.0185. The molecule has 0 aromatic heterocycles. The molecule has 0 radical (unpaired) electrons. The van der Waals surface area contributed by atoms with Crippen molar-refractivity contribution >= 4 is 18.0 Å². The molecule has 66 valence electrons. The molecule has 0 saturated heterocycles. The molecule has 0 saturated carbocycles. The maximum Gasteiger partial charge on any atom is 0.245 e. The summed E-state index contributed by atoms with van der Waals surface area (Å²) in [6, 6.07) is 0. The van der Waals surface area contributed by atoms with Crippen molar-refractivity contribution in [1.29, 1.82) is 0 Å². The fraction of sp³-hybridized carbons (Fsp3) is 0.286. The first-order valence-electron chi connectivity index (χ1n) is 3.29. The van der Waals surface area contributed by atoms with Crippen LogP contribution >= 0.6 is 0 Å². The zero-order valence-corrected chi connectivity index (χ0v) is 6.83. The van der Waals surface area contributed by atoms with Crippen molar-refractivity contribution in [2.24, 2.45) is 10.8 Å². The molecule has 1 aliphatic rings. The largest absolute Gasteiger partial charge is 0.366 e. The molecule has 1 heterocycles. The zero-order chi connectivity index (χ0) is 9.56. The van der Waals surface area contributed by atoms with E-state index in [1.54, 1.807) is 13.1 Å². The standard InChI is InChI=1S/C4H7NO.C3H4N2O/c1-3(2)4(5)6;6-3-1-2-4-5-3/h1H2,2H3,(H2,5,6);2H,1H2,(H,5,6). The van der Waals surface area contributed by atoms with Gasteiger partial charge in [0.05, 0.1) is 6.42 Å². The Morgan fingerprint density at radius 3 is 2.42 bits per heavy atom. The molecule has 0 fully saturated rings. The molecule has 5 nitrogen and oxygen atoms in total. The number of nitrogens with one attached hydrogen (secondary N) is 1. The van der Waals surface area contributed by atoms with Gasteiger partial charge in [-0.3, -0.25) is 9.59 Å². The first-order chi connectivity index (χ1) is 5.54. The van der Waals surface area contributed by atoms with Crippen molar-refractivity contribution in [2.45, 2.75) is 13.3 Å². The van der Waals surface area contributed by atoms with E-state index in [2.05, 4.69) is 17.1 Å². The van der Waals surface area contributed by atoms with Crippen LogP contribution in [0.1, 0.15) is 13.3 Å². The first-order valence-corrected chi connectivity index (χ1v) is 3.29. The number of rotatable bonds is 1. The highest BCUT2D eigenvalue weighted by Crippen LogP contribution is 1.80. The van der Waals surface area contributed by atoms with Gasteiger partial charge >= 0.3 is 0 Å². The number of amides is 2. The van der Waals surface area contributed by atoms with E-state index >= 15 is 0 Å². The van der Waals surface area contributed by atoms with Crippen LogP contribution in [0.15, 0.2) is 17.3 Å². The number of hydrazone groups is 1. The molecule has 2 amide bonds. The van der Waals surface area contributed by atoms with E-state index in [0.717, 1.165) is 0 Å². The summed E-state index contributed by atoms with van der Waals surface area (Å²) in [5.41, 5.74) is 7.34. The lowest BCUT2D eigenvalue weighted by atomic mass is 10.3. The monoisotopic (exact) mass is 169 g/mol. The molecule has 0 aromatic rings.